The molecule has 3 aromatic carbocycles. The summed E-state index contributed by atoms with van der Waals surface area (Å²) in [5, 5.41) is 3.19. The maximum atomic E-state index is 13.4. The number of rotatable bonds is 6. The number of nitrogens with one attached hydrogen (secondary N) is 1. The number of carbonyl (C=O) groups is 1. The lowest BCUT2D eigenvalue weighted by atomic mass is 10.1. The second kappa shape index (κ2) is 8.68. The van der Waals surface area contributed by atoms with Gasteiger partial charge in [-0.1, -0.05) is 48.0 Å². The minimum absolute atomic E-state index is 0.122. The molecule has 0 aliphatic carbocycles. The summed E-state index contributed by atoms with van der Waals surface area (Å²) in [4.78, 5) is 12.8. The molecular formula is C22H21ClN2O3S. The van der Waals surface area contributed by atoms with Crippen LogP contribution in [0, 0.1) is 13.8 Å². The zero-order chi connectivity index (χ0) is 21.0. The van der Waals surface area contributed by atoms with Gasteiger partial charge in [-0.2, -0.15) is 0 Å². The normalized spacial score (nSPS) is 11.1. The Labute approximate surface area is 176 Å². The van der Waals surface area contributed by atoms with Gasteiger partial charge in [-0.05, 0) is 61.4 Å². The molecule has 3 aromatic rings. The van der Waals surface area contributed by atoms with Crippen LogP contribution < -0.4 is 9.62 Å². The number of carbonyl (C=O) groups excluding carboxylic acids is 1. The van der Waals surface area contributed by atoms with Crippen molar-refractivity contribution in [3.63, 3.8) is 0 Å². The molecule has 0 unspecified atom stereocenters. The lowest BCUT2D eigenvalue weighted by Gasteiger charge is -2.26. The maximum Gasteiger partial charge on any atom is 0.264 e. The summed E-state index contributed by atoms with van der Waals surface area (Å²) in [6.45, 7) is 3.33. The summed E-state index contributed by atoms with van der Waals surface area (Å²) in [5.41, 5.74) is 2.62. The Morgan fingerprint density at radius 3 is 2.38 bits per heavy atom. The van der Waals surface area contributed by atoms with Crippen molar-refractivity contribution in [2.75, 3.05) is 16.2 Å². The molecule has 0 fully saturated rings. The van der Waals surface area contributed by atoms with Crippen molar-refractivity contribution in [1.82, 2.24) is 0 Å². The Morgan fingerprint density at radius 1 is 0.966 bits per heavy atom. The number of sulfonamides is 1. The predicted molar refractivity (Wildman–Crippen MR) is 117 cm³/mol. The van der Waals surface area contributed by atoms with E-state index < -0.39 is 15.9 Å². The molecule has 0 radical (unpaired) electrons. The molecule has 0 bridgehead atoms. The van der Waals surface area contributed by atoms with E-state index in [1.165, 1.54) is 12.1 Å². The van der Waals surface area contributed by atoms with Crippen LogP contribution in [0.4, 0.5) is 11.4 Å². The van der Waals surface area contributed by atoms with E-state index in [0.29, 0.717) is 16.4 Å². The Kier molecular flexibility index (Phi) is 6.25. The second-order valence-electron chi connectivity index (χ2n) is 6.67. The predicted octanol–water partition coefficient (Wildman–Crippen LogP) is 4.79. The van der Waals surface area contributed by atoms with Crippen LogP contribution in [-0.4, -0.2) is 20.9 Å². The highest BCUT2D eigenvalue weighted by Gasteiger charge is 2.28. The summed E-state index contributed by atoms with van der Waals surface area (Å²) in [7, 11) is -3.94. The van der Waals surface area contributed by atoms with Crippen LogP contribution >= 0.6 is 11.6 Å². The summed E-state index contributed by atoms with van der Waals surface area (Å²) >= 11 is 5.96. The SMILES string of the molecule is Cc1ccc(C)c(N(CC(=O)Nc2cccc(Cl)c2)S(=O)(=O)c2ccccc2)c1. The zero-order valence-electron chi connectivity index (χ0n) is 16.1. The van der Waals surface area contributed by atoms with E-state index in [1.807, 2.05) is 26.0 Å². The van der Waals surface area contributed by atoms with Gasteiger partial charge in [0.25, 0.3) is 10.0 Å². The smallest absolute Gasteiger partial charge is 0.264 e. The monoisotopic (exact) mass is 428 g/mol. The highest BCUT2D eigenvalue weighted by Crippen LogP contribution is 2.28. The van der Waals surface area contributed by atoms with Crippen molar-refractivity contribution >= 4 is 38.9 Å². The first kappa shape index (κ1) is 20.9. The fourth-order valence-corrected chi connectivity index (χ4v) is 4.59. The van der Waals surface area contributed by atoms with Crippen LogP contribution in [0.5, 0.6) is 0 Å². The first-order valence-corrected chi connectivity index (χ1v) is 10.8. The molecule has 7 heteroatoms. The van der Waals surface area contributed by atoms with Gasteiger partial charge in [0.15, 0.2) is 0 Å². The third kappa shape index (κ3) is 4.96. The number of amides is 1. The first-order valence-electron chi connectivity index (χ1n) is 8.98. The van der Waals surface area contributed by atoms with E-state index in [1.54, 1.807) is 48.5 Å². The minimum atomic E-state index is -3.94. The van der Waals surface area contributed by atoms with Crippen molar-refractivity contribution in [2.45, 2.75) is 18.7 Å². The van der Waals surface area contributed by atoms with Gasteiger partial charge in [0.1, 0.15) is 6.54 Å². The number of hydrogen-bond acceptors (Lipinski definition) is 3. The van der Waals surface area contributed by atoms with Crippen molar-refractivity contribution in [3.8, 4) is 0 Å². The Hall–Kier alpha value is -2.83. The van der Waals surface area contributed by atoms with Gasteiger partial charge in [-0.25, -0.2) is 8.42 Å². The molecule has 0 aliphatic heterocycles. The molecule has 0 saturated heterocycles. The summed E-state index contributed by atoms with van der Waals surface area (Å²) in [5.74, 6) is -0.465. The van der Waals surface area contributed by atoms with Crippen LogP contribution in [0.3, 0.4) is 0 Å². The van der Waals surface area contributed by atoms with E-state index >= 15 is 0 Å². The quantitative estimate of drug-likeness (QED) is 0.613. The number of aryl methyl sites for hydroxylation is 2. The van der Waals surface area contributed by atoms with Crippen LogP contribution in [0.1, 0.15) is 11.1 Å². The van der Waals surface area contributed by atoms with Crippen LogP contribution in [-0.2, 0) is 14.8 Å². The Balaban J connectivity index is 1.99. The van der Waals surface area contributed by atoms with E-state index in [9.17, 15) is 13.2 Å². The molecule has 0 saturated carbocycles. The average molecular weight is 429 g/mol. The van der Waals surface area contributed by atoms with Gasteiger partial charge < -0.3 is 5.32 Å². The highest BCUT2D eigenvalue weighted by atomic mass is 35.5. The molecule has 0 aliphatic rings. The maximum absolute atomic E-state index is 13.4. The first-order chi connectivity index (χ1) is 13.8. The van der Waals surface area contributed by atoms with Gasteiger partial charge in [0.2, 0.25) is 5.91 Å². The van der Waals surface area contributed by atoms with Crippen molar-refractivity contribution < 1.29 is 13.2 Å². The second-order valence-corrected chi connectivity index (χ2v) is 8.97. The molecule has 1 N–H and O–H groups in total. The highest BCUT2D eigenvalue weighted by molar-refractivity contribution is 7.92. The molecule has 29 heavy (non-hydrogen) atoms. The molecule has 3 rings (SSSR count). The standard InChI is InChI=1S/C22H21ClN2O3S/c1-16-11-12-17(2)21(13-16)25(29(27,28)20-9-4-3-5-10-20)15-22(26)24-19-8-6-7-18(23)14-19/h3-14H,15H2,1-2H3,(H,24,26). The number of hydrogen-bond donors (Lipinski definition) is 1. The number of benzene rings is 3. The molecular weight excluding hydrogens is 408 g/mol. The van der Waals surface area contributed by atoms with Crippen LogP contribution in [0.2, 0.25) is 5.02 Å². The molecule has 150 valence electrons. The lowest BCUT2D eigenvalue weighted by molar-refractivity contribution is -0.114. The number of anilines is 2. The summed E-state index contributed by atoms with van der Waals surface area (Å²) in [6.07, 6.45) is 0. The molecule has 1 amide bonds. The minimum Gasteiger partial charge on any atom is -0.324 e. The van der Waals surface area contributed by atoms with Gasteiger partial charge >= 0.3 is 0 Å². The zero-order valence-corrected chi connectivity index (χ0v) is 17.7. The average Bonchev–Trinajstić information content (AvgIpc) is 2.69. The van der Waals surface area contributed by atoms with Crippen molar-refractivity contribution in [2.24, 2.45) is 0 Å². The van der Waals surface area contributed by atoms with Crippen LogP contribution in [0.25, 0.3) is 0 Å². The van der Waals surface area contributed by atoms with Crippen LogP contribution in [0.15, 0.2) is 77.7 Å². The van der Waals surface area contributed by atoms with Crippen molar-refractivity contribution in [1.29, 1.82) is 0 Å². The molecule has 0 spiro atoms. The largest absolute Gasteiger partial charge is 0.324 e. The summed E-state index contributed by atoms with van der Waals surface area (Å²) in [6, 6.07) is 20.3. The number of nitrogens with zero attached hydrogens (tertiary/aromatic N) is 1. The summed E-state index contributed by atoms with van der Waals surface area (Å²) < 4.78 is 27.9. The lowest BCUT2D eigenvalue weighted by Crippen LogP contribution is -2.38. The van der Waals surface area contributed by atoms with Gasteiger partial charge in [-0.15, -0.1) is 0 Å². The van der Waals surface area contributed by atoms with Gasteiger partial charge in [-0.3, -0.25) is 9.10 Å². The topological polar surface area (TPSA) is 66.5 Å². The number of halogens is 1. The molecule has 0 atom stereocenters. The van der Waals surface area contributed by atoms with E-state index in [-0.39, 0.29) is 11.4 Å². The fraction of sp³-hybridized carbons (Fsp3) is 0.136. The van der Waals surface area contributed by atoms with E-state index in [0.717, 1.165) is 15.4 Å². The van der Waals surface area contributed by atoms with Gasteiger partial charge in [0, 0.05) is 10.7 Å². The molecule has 0 aromatic heterocycles. The third-order valence-electron chi connectivity index (χ3n) is 4.36. The Bertz CT molecular complexity index is 1130. The molecule has 0 heterocycles. The fourth-order valence-electron chi connectivity index (χ4n) is 2.90. The van der Waals surface area contributed by atoms with Gasteiger partial charge in [0.05, 0.1) is 10.6 Å². The van der Waals surface area contributed by atoms with E-state index in [2.05, 4.69) is 5.32 Å². The van der Waals surface area contributed by atoms with Crippen molar-refractivity contribution in [3.05, 3.63) is 88.9 Å². The Morgan fingerprint density at radius 2 is 1.69 bits per heavy atom. The molecule has 5 nitrogen and oxygen atoms in total. The third-order valence-corrected chi connectivity index (χ3v) is 6.37. The van der Waals surface area contributed by atoms with E-state index in [4.69, 9.17) is 11.6 Å².